The fraction of sp³-hybridized carbons (Fsp3) is 0.154. The Balaban J connectivity index is 2.02. The maximum Gasteiger partial charge on any atom is 0.211 e. The molecule has 90 valence electrons. The molecular formula is C13H12N4S. The Hall–Kier alpha value is -2.01. The molecule has 0 aromatic carbocycles. The Morgan fingerprint density at radius 1 is 1.28 bits per heavy atom. The van der Waals surface area contributed by atoms with E-state index in [0.717, 1.165) is 27.8 Å². The van der Waals surface area contributed by atoms with Crippen molar-refractivity contribution in [3.05, 3.63) is 47.4 Å². The van der Waals surface area contributed by atoms with Gasteiger partial charge in [0.15, 0.2) is 0 Å². The van der Waals surface area contributed by atoms with Gasteiger partial charge in [0.25, 0.3) is 0 Å². The molecule has 0 aliphatic carbocycles. The highest BCUT2D eigenvalue weighted by atomic mass is 32.1. The molecule has 3 heterocycles. The number of hydrogen-bond donors (Lipinski definition) is 0. The van der Waals surface area contributed by atoms with Gasteiger partial charge in [-0.3, -0.25) is 4.98 Å². The largest absolute Gasteiger partial charge is 0.264 e. The summed E-state index contributed by atoms with van der Waals surface area (Å²) in [5.74, 6) is 0. The Kier molecular flexibility index (Phi) is 2.68. The third-order valence-corrected chi connectivity index (χ3v) is 3.46. The zero-order valence-electron chi connectivity index (χ0n) is 10.2. The van der Waals surface area contributed by atoms with E-state index in [0.29, 0.717) is 0 Å². The van der Waals surface area contributed by atoms with Crippen LogP contribution in [0.25, 0.3) is 16.4 Å². The second-order valence-electron chi connectivity index (χ2n) is 4.10. The summed E-state index contributed by atoms with van der Waals surface area (Å²) in [4.78, 5) is 8.71. The van der Waals surface area contributed by atoms with Crippen LogP contribution < -0.4 is 0 Å². The normalized spacial score (nSPS) is 10.8. The molecule has 3 rings (SSSR count). The number of rotatable bonds is 2. The lowest BCUT2D eigenvalue weighted by molar-refractivity contribution is 0.826. The molecule has 18 heavy (non-hydrogen) atoms. The van der Waals surface area contributed by atoms with Gasteiger partial charge in [0.1, 0.15) is 0 Å². The van der Waals surface area contributed by atoms with E-state index >= 15 is 0 Å². The Morgan fingerprint density at radius 3 is 2.83 bits per heavy atom. The molecule has 0 radical (unpaired) electrons. The van der Waals surface area contributed by atoms with E-state index in [1.54, 1.807) is 17.5 Å². The lowest BCUT2D eigenvalue weighted by Crippen LogP contribution is -1.98. The highest BCUT2D eigenvalue weighted by Crippen LogP contribution is 2.23. The van der Waals surface area contributed by atoms with Gasteiger partial charge in [-0.15, -0.1) is 11.3 Å². The van der Waals surface area contributed by atoms with E-state index in [4.69, 9.17) is 0 Å². The SMILES string of the molecule is Cc1cc(C)n(-c2nc(-c3cccnc3)cs2)n1. The second kappa shape index (κ2) is 4.34. The van der Waals surface area contributed by atoms with Gasteiger partial charge in [-0.1, -0.05) is 0 Å². The van der Waals surface area contributed by atoms with Gasteiger partial charge in [-0.25, -0.2) is 9.67 Å². The van der Waals surface area contributed by atoms with Gasteiger partial charge in [0, 0.05) is 29.0 Å². The van der Waals surface area contributed by atoms with Crippen LogP contribution in [0.4, 0.5) is 0 Å². The Labute approximate surface area is 109 Å². The molecule has 4 nitrogen and oxygen atoms in total. The van der Waals surface area contributed by atoms with Crippen molar-refractivity contribution in [3.8, 4) is 16.4 Å². The van der Waals surface area contributed by atoms with Crippen LogP contribution in [0.1, 0.15) is 11.4 Å². The first-order chi connectivity index (χ1) is 8.74. The summed E-state index contributed by atoms with van der Waals surface area (Å²) in [6, 6.07) is 5.97. The standard InChI is InChI=1S/C13H12N4S/c1-9-6-10(2)17(16-9)13-15-12(8-18-13)11-4-3-5-14-7-11/h3-8H,1-2H3. The number of aryl methyl sites for hydroxylation is 2. The first-order valence-corrected chi connectivity index (χ1v) is 6.51. The van der Waals surface area contributed by atoms with E-state index in [1.165, 1.54) is 0 Å². The monoisotopic (exact) mass is 256 g/mol. The van der Waals surface area contributed by atoms with Crippen molar-refractivity contribution in [2.75, 3.05) is 0 Å². The van der Waals surface area contributed by atoms with Crippen molar-refractivity contribution in [1.29, 1.82) is 0 Å². The predicted octanol–water partition coefficient (Wildman–Crippen LogP) is 3.01. The Bertz CT molecular complexity index is 669. The predicted molar refractivity (Wildman–Crippen MR) is 71.9 cm³/mol. The summed E-state index contributed by atoms with van der Waals surface area (Å²) in [5.41, 5.74) is 4.07. The molecule has 0 N–H and O–H groups in total. The van der Waals surface area contributed by atoms with Crippen LogP contribution >= 0.6 is 11.3 Å². The molecule has 0 amide bonds. The summed E-state index contributed by atoms with van der Waals surface area (Å²) in [6.45, 7) is 4.02. The molecule has 0 bridgehead atoms. The average Bonchev–Trinajstić information content (AvgIpc) is 2.97. The van der Waals surface area contributed by atoms with Crippen LogP contribution in [0.3, 0.4) is 0 Å². The summed E-state index contributed by atoms with van der Waals surface area (Å²) < 4.78 is 1.87. The lowest BCUT2D eigenvalue weighted by atomic mass is 10.2. The first-order valence-electron chi connectivity index (χ1n) is 5.63. The minimum absolute atomic E-state index is 0.888. The van der Waals surface area contributed by atoms with E-state index in [9.17, 15) is 0 Å². The molecule has 0 saturated heterocycles. The minimum Gasteiger partial charge on any atom is -0.264 e. The molecule has 0 atom stereocenters. The van der Waals surface area contributed by atoms with Crippen LogP contribution in [-0.4, -0.2) is 19.7 Å². The van der Waals surface area contributed by atoms with Crippen molar-refractivity contribution >= 4 is 11.3 Å². The van der Waals surface area contributed by atoms with Gasteiger partial charge in [-0.2, -0.15) is 5.10 Å². The topological polar surface area (TPSA) is 43.6 Å². The summed E-state index contributed by atoms with van der Waals surface area (Å²) in [6.07, 6.45) is 3.58. The minimum atomic E-state index is 0.888. The van der Waals surface area contributed by atoms with E-state index in [-0.39, 0.29) is 0 Å². The smallest absolute Gasteiger partial charge is 0.211 e. The molecule has 0 unspecified atom stereocenters. The van der Waals surface area contributed by atoms with Gasteiger partial charge in [-0.05, 0) is 32.0 Å². The van der Waals surface area contributed by atoms with Crippen molar-refractivity contribution in [2.45, 2.75) is 13.8 Å². The zero-order valence-corrected chi connectivity index (χ0v) is 11.0. The van der Waals surface area contributed by atoms with E-state index in [1.807, 2.05) is 48.3 Å². The van der Waals surface area contributed by atoms with Crippen LogP contribution in [0.5, 0.6) is 0 Å². The summed E-state index contributed by atoms with van der Waals surface area (Å²) >= 11 is 1.59. The van der Waals surface area contributed by atoms with Crippen molar-refractivity contribution in [1.82, 2.24) is 19.7 Å². The van der Waals surface area contributed by atoms with Gasteiger partial charge in [0.05, 0.1) is 11.4 Å². The molecule has 0 spiro atoms. The van der Waals surface area contributed by atoms with Crippen LogP contribution in [0.2, 0.25) is 0 Å². The van der Waals surface area contributed by atoms with E-state index in [2.05, 4.69) is 15.1 Å². The fourth-order valence-corrected chi connectivity index (χ4v) is 2.67. The average molecular weight is 256 g/mol. The molecule has 3 aromatic rings. The third-order valence-electron chi connectivity index (χ3n) is 2.64. The van der Waals surface area contributed by atoms with Crippen molar-refractivity contribution in [2.24, 2.45) is 0 Å². The fourth-order valence-electron chi connectivity index (χ4n) is 1.83. The lowest BCUT2D eigenvalue weighted by Gasteiger charge is -1.98. The van der Waals surface area contributed by atoms with Crippen molar-refractivity contribution < 1.29 is 0 Å². The van der Waals surface area contributed by atoms with Crippen LogP contribution in [0, 0.1) is 13.8 Å². The van der Waals surface area contributed by atoms with Gasteiger partial charge in [0.2, 0.25) is 5.13 Å². The van der Waals surface area contributed by atoms with Gasteiger partial charge >= 0.3 is 0 Å². The molecule has 5 heteroatoms. The molecule has 0 aliphatic heterocycles. The highest BCUT2D eigenvalue weighted by molar-refractivity contribution is 7.12. The number of nitrogens with zero attached hydrogens (tertiary/aromatic N) is 4. The highest BCUT2D eigenvalue weighted by Gasteiger charge is 2.09. The van der Waals surface area contributed by atoms with Crippen LogP contribution in [0.15, 0.2) is 36.0 Å². The van der Waals surface area contributed by atoms with Gasteiger partial charge < -0.3 is 0 Å². The molecular weight excluding hydrogens is 244 g/mol. The summed E-state index contributed by atoms with van der Waals surface area (Å²) in [5, 5.41) is 7.36. The quantitative estimate of drug-likeness (QED) is 0.708. The third kappa shape index (κ3) is 1.93. The molecule has 0 fully saturated rings. The maximum absolute atomic E-state index is 4.60. The number of aromatic nitrogens is 4. The number of pyridine rings is 1. The van der Waals surface area contributed by atoms with E-state index < -0.39 is 0 Å². The summed E-state index contributed by atoms with van der Waals surface area (Å²) in [7, 11) is 0. The van der Waals surface area contributed by atoms with Crippen LogP contribution in [-0.2, 0) is 0 Å². The molecule has 0 saturated carbocycles. The number of hydrogen-bond acceptors (Lipinski definition) is 4. The second-order valence-corrected chi connectivity index (χ2v) is 4.93. The molecule has 0 aliphatic rings. The number of thiazole rings is 1. The van der Waals surface area contributed by atoms with Crippen molar-refractivity contribution in [3.63, 3.8) is 0 Å². The zero-order chi connectivity index (χ0) is 12.5. The maximum atomic E-state index is 4.60. The first kappa shape index (κ1) is 11.1. The Morgan fingerprint density at radius 2 is 2.17 bits per heavy atom. The molecule has 3 aromatic heterocycles.